The number of methoxy groups -OCH3 is 2. The third-order valence-electron chi connectivity index (χ3n) is 4.94. The number of thioether (sulfide) groups is 2. The average Bonchev–Trinajstić information content (AvgIpc) is 2.83. The first-order valence-electron chi connectivity index (χ1n) is 10.3. The van der Waals surface area contributed by atoms with Gasteiger partial charge in [-0.1, -0.05) is 12.1 Å². The van der Waals surface area contributed by atoms with E-state index in [2.05, 4.69) is 10.6 Å². The van der Waals surface area contributed by atoms with Crippen molar-refractivity contribution >= 4 is 41.9 Å². The van der Waals surface area contributed by atoms with Gasteiger partial charge < -0.3 is 24.8 Å². The summed E-state index contributed by atoms with van der Waals surface area (Å²) < 4.78 is 15.6. The summed E-state index contributed by atoms with van der Waals surface area (Å²) >= 11 is 3.13. The molecule has 0 saturated carbocycles. The Kier molecular flexibility index (Phi) is 11.4. The van der Waals surface area contributed by atoms with Crippen LogP contribution in [-0.2, 0) is 28.6 Å². The summed E-state index contributed by atoms with van der Waals surface area (Å²) in [6.45, 7) is 2.66. The van der Waals surface area contributed by atoms with Gasteiger partial charge in [-0.05, 0) is 30.9 Å². The highest BCUT2D eigenvalue weighted by molar-refractivity contribution is 7.99. The van der Waals surface area contributed by atoms with E-state index in [1.165, 1.54) is 14.2 Å². The quantitative estimate of drug-likeness (QED) is 0.185. The van der Waals surface area contributed by atoms with Gasteiger partial charge in [0.15, 0.2) is 0 Å². The van der Waals surface area contributed by atoms with Crippen LogP contribution >= 0.6 is 23.5 Å². The van der Waals surface area contributed by atoms with Gasteiger partial charge in [0.2, 0.25) is 6.41 Å². The second kappa shape index (κ2) is 14.0. The van der Waals surface area contributed by atoms with Crippen LogP contribution in [0.4, 0.5) is 0 Å². The molecule has 180 valence electrons. The molecule has 10 heteroatoms. The number of hydrogen-bond acceptors (Lipinski definition) is 9. The molecule has 0 aliphatic carbocycles. The number of esters is 2. The minimum Gasteiger partial charge on any atom is -0.466 e. The molecule has 1 aliphatic heterocycles. The minimum absolute atomic E-state index is 0.0936. The lowest BCUT2D eigenvalue weighted by atomic mass is 9.80. The van der Waals surface area contributed by atoms with E-state index < -0.39 is 17.9 Å². The molecule has 33 heavy (non-hydrogen) atoms. The number of nitrogens with one attached hydrogen (secondary N) is 2. The smallest absolute Gasteiger partial charge is 0.336 e. The predicted molar refractivity (Wildman–Crippen MR) is 130 cm³/mol. The predicted octanol–water partition coefficient (Wildman–Crippen LogP) is 2.47. The van der Waals surface area contributed by atoms with Crippen molar-refractivity contribution in [1.29, 1.82) is 0 Å². The molecular formula is C23H30N2O6S2. The van der Waals surface area contributed by atoms with Crippen LogP contribution in [-0.4, -0.2) is 70.1 Å². The monoisotopic (exact) mass is 494 g/mol. The first kappa shape index (κ1) is 26.8. The molecule has 0 spiro atoms. The van der Waals surface area contributed by atoms with E-state index in [1.54, 1.807) is 30.4 Å². The Hall–Kier alpha value is -2.43. The summed E-state index contributed by atoms with van der Waals surface area (Å²) in [5, 5.41) is 5.86. The summed E-state index contributed by atoms with van der Waals surface area (Å²) in [5.41, 5.74) is 2.82. The second-order valence-corrected chi connectivity index (χ2v) is 9.00. The van der Waals surface area contributed by atoms with Crippen molar-refractivity contribution in [2.24, 2.45) is 0 Å². The van der Waals surface area contributed by atoms with Gasteiger partial charge in [-0.3, -0.25) is 4.79 Å². The first-order valence-corrected chi connectivity index (χ1v) is 12.7. The summed E-state index contributed by atoms with van der Waals surface area (Å²) in [5.74, 6) is -0.544. The molecule has 1 aromatic carbocycles. The molecule has 0 bridgehead atoms. The number of rotatable bonds is 13. The standard InChI is InChI=1S/C23H30N2O6S2/c1-15-19(22(27)30-3)20(16-6-5-7-17(12-16)32-4)21(23(28)31-10-9-29-2)18(25-15)13-33-11-8-24-14-26/h5-7,12,14,20,25H,8-11,13H2,1-4H3,(H,24,26). The van der Waals surface area contributed by atoms with Gasteiger partial charge in [-0.15, -0.1) is 11.8 Å². The Morgan fingerprint density at radius 3 is 2.64 bits per heavy atom. The second-order valence-electron chi connectivity index (χ2n) is 7.01. The zero-order chi connectivity index (χ0) is 24.2. The molecule has 8 nitrogen and oxygen atoms in total. The van der Waals surface area contributed by atoms with E-state index in [-0.39, 0.29) is 13.2 Å². The maximum atomic E-state index is 13.3. The Morgan fingerprint density at radius 2 is 1.97 bits per heavy atom. The molecule has 0 saturated heterocycles. The van der Waals surface area contributed by atoms with Crippen LogP contribution in [0.25, 0.3) is 0 Å². The number of allylic oxidation sites excluding steroid dienone is 1. The van der Waals surface area contributed by atoms with Gasteiger partial charge in [0.1, 0.15) is 6.61 Å². The van der Waals surface area contributed by atoms with E-state index >= 15 is 0 Å². The number of ether oxygens (including phenoxy) is 3. The molecule has 0 fully saturated rings. The molecule has 1 unspecified atom stereocenters. The van der Waals surface area contributed by atoms with Gasteiger partial charge in [-0.2, -0.15) is 11.8 Å². The largest absolute Gasteiger partial charge is 0.466 e. The fourth-order valence-electron chi connectivity index (χ4n) is 3.45. The van der Waals surface area contributed by atoms with E-state index in [1.807, 2.05) is 30.5 Å². The summed E-state index contributed by atoms with van der Waals surface area (Å²) in [6, 6.07) is 7.74. The van der Waals surface area contributed by atoms with Crippen LogP contribution in [0, 0.1) is 0 Å². The first-order chi connectivity index (χ1) is 16.0. The molecule has 0 aromatic heterocycles. The van der Waals surface area contributed by atoms with E-state index in [9.17, 15) is 14.4 Å². The third kappa shape index (κ3) is 7.28. The zero-order valence-electron chi connectivity index (χ0n) is 19.3. The lowest BCUT2D eigenvalue weighted by Gasteiger charge is -2.31. The molecular weight excluding hydrogens is 464 g/mol. The lowest BCUT2D eigenvalue weighted by molar-refractivity contribution is -0.140. The highest BCUT2D eigenvalue weighted by Crippen LogP contribution is 2.40. The highest BCUT2D eigenvalue weighted by atomic mass is 32.2. The maximum absolute atomic E-state index is 13.3. The number of benzene rings is 1. The topological polar surface area (TPSA) is 103 Å². The maximum Gasteiger partial charge on any atom is 0.336 e. The van der Waals surface area contributed by atoms with Crippen LogP contribution in [0.15, 0.2) is 51.7 Å². The number of amides is 1. The van der Waals surface area contributed by atoms with E-state index in [4.69, 9.17) is 14.2 Å². The Morgan fingerprint density at radius 1 is 1.18 bits per heavy atom. The van der Waals surface area contributed by atoms with Crippen LogP contribution < -0.4 is 10.6 Å². The average molecular weight is 495 g/mol. The summed E-state index contributed by atoms with van der Waals surface area (Å²) in [7, 11) is 2.85. The normalized spacial score (nSPS) is 15.7. The third-order valence-corrected chi connectivity index (χ3v) is 6.65. The van der Waals surface area contributed by atoms with Crippen LogP contribution in [0.1, 0.15) is 18.4 Å². The molecule has 1 aromatic rings. The van der Waals surface area contributed by atoms with Gasteiger partial charge in [0.25, 0.3) is 0 Å². The Balaban J connectivity index is 2.55. The molecule has 1 aliphatic rings. The molecule has 0 radical (unpaired) electrons. The molecule has 1 heterocycles. The van der Waals surface area contributed by atoms with Crippen LogP contribution in [0.2, 0.25) is 0 Å². The Labute approximate surface area is 202 Å². The van der Waals surface area contributed by atoms with Crippen molar-refractivity contribution in [3.8, 4) is 0 Å². The van der Waals surface area contributed by atoms with Crippen molar-refractivity contribution < 1.29 is 28.6 Å². The minimum atomic E-state index is -0.649. The SMILES string of the molecule is COCCOC(=O)C1=C(CSCCNC=O)NC(C)=C(C(=O)OC)C1c1cccc(SC)c1. The number of carbonyl (C=O) groups excluding carboxylic acids is 3. The fraction of sp³-hybridized carbons (Fsp3) is 0.435. The van der Waals surface area contributed by atoms with Crippen molar-refractivity contribution in [3.05, 3.63) is 52.4 Å². The van der Waals surface area contributed by atoms with Gasteiger partial charge in [-0.25, -0.2) is 9.59 Å². The summed E-state index contributed by atoms with van der Waals surface area (Å²) in [4.78, 5) is 37.6. The lowest BCUT2D eigenvalue weighted by Crippen LogP contribution is -2.34. The number of dihydropyridines is 1. The van der Waals surface area contributed by atoms with E-state index in [0.29, 0.717) is 47.0 Å². The van der Waals surface area contributed by atoms with Crippen molar-refractivity contribution in [2.45, 2.75) is 17.7 Å². The van der Waals surface area contributed by atoms with Gasteiger partial charge in [0.05, 0.1) is 30.8 Å². The molecule has 1 atom stereocenters. The highest BCUT2D eigenvalue weighted by Gasteiger charge is 2.38. The van der Waals surface area contributed by atoms with E-state index in [0.717, 1.165) is 10.5 Å². The number of carbonyl (C=O) groups is 3. The molecule has 2 N–H and O–H groups in total. The van der Waals surface area contributed by atoms with Crippen LogP contribution in [0.3, 0.4) is 0 Å². The Bertz CT molecular complexity index is 916. The van der Waals surface area contributed by atoms with Crippen molar-refractivity contribution in [2.75, 3.05) is 51.7 Å². The van der Waals surface area contributed by atoms with Gasteiger partial charge in [0, 0.05) is 41.4 Å². The van der Waals surface area contributed by atoms with Crippen LogP contribution in [0.5, 0.6) is 0 Å². The fourth-order valence-corrected chi connectivity index (χ4v) is 4.75. The van der Waals surface area contributed by atoms with Gasteiger partial charge >= 0.3 is 11.9 Å². The number of hydrogen-bond donors (Lipinski definition) is 2. The molecule has 2 rings (SSSR count). The zero-order valence-corrected chi connectivity index (χ0v) is 20.9. The van der Waals surface area contributed by atoms with Crippen molar-refractivity contribution in [3.63, 3.8) is 0 Å². The van der Waals surface area contributed by atoms with Crippen molar-refractivity contribution in [1.82, 2.24) is 10.6 Å². The summed E-state index contributed by atoms with van der Waals surface area (Å²) in [6.07, 6.45) is 2.62. The molecule has 1 amide bonds.